The van der Waals surface area contributed by atoms with Gasteiger partial charge < -0.3 is 10.6 Å². The van der Waals surface area contributed by atoms with E-state index in [0.717, 1.165) is 0 Å². The molecule has 4 rings (SSSR count). The highest BCUT2D eigenvalue weighted by molar-refractivity contribution is 6.18. The van der Waals surface area contributed by atoms with Crippen LogP contribution in [-0.4, -0.2) is 21.7 Å². The highest BCUT2D eigenvalue weighted by Crippen LogP contribution is 2.46. The van der Waals surface area contributed by atoms with Crippen molar-refractivity contribution < 1.29 is 19.4 Å². The monoisotopic (exact) mass is 458 g/mol. The van der Waals surface area contributed by atoms with Gasteiger partial charge in [-0.2, -0.15) is 0 Å². The van der Waals surface area contributed by atoms with E-state index in [4.69, 9.17) is 0 Å². The Morgan fingerprint density at radius 3 is 1.32 bits per heavy atom. The van der Waals surface area contributed by atoms with Gasteiger partial charge in [0.2, 0.25) is 11.8 Å². The summed E-state index contributed by atoms with van der Waals surface area (Å²) in [4.78, 5) is 46.3. The average Bonchev–Trinajstić information content (AvgIpc) is 2.77. The molecule has 2 N–H and O–H groups in total. The summed E-state index contributed by atoms with van der Waals surface area (Å²) in [5, 5.41) is 30.3. The molecular weight excluding hydrogens is 440 g/mol. The van der Waals surface area contributed by atoms with Gasteiger partial charge in [0, 0.05) is 48.5 Å². The van der Waals surface area contributed by atoms with Gasteiger partial charge >= 0.3 is 0 Å². The molecule has 4 aromatic rings. The van der Waals surface area contributed by atoms with E-state index in [9.17, 15) is 29.8 Å². The number of anilines is 2. The molecule has 0 aliphatic rings. The number of fused-ring (bicyclic) bond motifs is 2. The molecule has 0 atom stereocenters. The van der Waals surface area contributed by atoms with Crippen LogP contribution in [0.3, 0.4) is 0 Å². The third kappa shape index (κ3) is 3.88. The Kier molecular flexibility index (Phi) is 5.64. The summed E-state index contributed by atoms with van der Waals surface area (Å²) >= 11 is 0. The van der Waals surface area contributed by atoms with Crippen molar-refractivity contribution in [3.8, 4) is 11.1 Å². The Labute approximate surface area is 192 Å². The minimum Gasteiger partial charge on any atom is -0.326 e. The van der Waals surface area contributed by atoms with Gasteiger partial charge in [-0.05, 0) is 35.0 Å². The standard InChI is InChI=1S/C24H18N4O6/c1-13(29)25-19-11-9-15-17(5-3-7-21(15)27(31)32)23(19)24-18-6-4-8-22(28(33)34)16(18)10-12-20(24)26-14(2)30/h3-12H,1-2H3,(H,25,29)(H,26,30). The van der Waals surface area contributed by atoms with E-state index in [1.165, 1.54) is 50.2 Å². The second-order valence-corrected chi connectivity index (χ2v) is 7.60. The van der Waals surface area contributed by atoms with E-state index in [2.05, 4.69) is 10.6 Å². The molecule has 0 radical (unpaired) electrons. The molecule has 4 aromatic carbocycles. The van der Waals surface area contributed by atoms with Crippen LogP contribution in [0, 0.1) is 20.2 Å². The lowest BCUT2D eigenvalue weighted by Crippen LogP contribution is -2.10. The molecule has 0 aliphatic carbocycles. The highest BCUT2D eigenvalue weighted by Gasteiger charge is 2.23. The summed E-state index contributed by atoms with van der Waals surface area (Å²) in [6.45, 7) is 2.65. The summed E-state index contributed by atoms with van der Waals surface area (Å²) in [7, 11) is 0. The molecular formula is C24H18N4O6. The van der Waals surface area contributed by atoms with Crippen molar-refractivity contribution in [3.63, 3.8) is 0 Å². The molecule has 0 fully saturated rings. The number of nitro benzene ring substituents is 2. The summed E-state index contributed by atoms with van der Waals surface area (Å²) in [6, 6.07) is 15.3. The summed E-state index contributed by atoms with van der Waals surface area (Å²) in [5.74, 6) is -0.753. The van der Waals surface area contributed by atoms with Crippen LogP contribution >= 0.6 is 0 Å². The first-order valence-electron chi connectivity index (χ1n) is 10.1. The fraction of sp³-hybridized carbons (Fsp3) is 0.0833. The Morgan fingerprint density at radius 1 is 0.618 bits per heavy atom. The number of carbonyl (C=O) groups excluding carboxylic acids is 2. The first kappa shape index (κ1) is 22.3. The topological polar surface area (TPSA) is 144 Å². The number of nitro groups is 2. The molecule has 10 heteroatoms. The predicted molar refractivity (Wildman–Crippen MR) is 129 cm³/mol. The van der Waals surface area contributed by atoms with Crippen LogP contribution in [-0.2, 0) is 9.59 Å². The van der Waals surface area contributed by atoms with Crippen molar-refractivity contribution in [3.05, 3.63) is 80.9 Å². The van der Waals surface area contributed by atoms with E-state index in [-0.39, 0.29) is 23.2 Å². The first-order valence-corrected chi connectivity index (χ1v) is 10.1. The van der Waals surface area contributed by atoms with Gasteiger partial charge in [0.05, 0.1) is 20.6 Å². The lowest BCUT2D eigenvalue weighted by molar-refractivity contribution is -0.383. The number of hydrogen-bond acceptors (Lipinski definition) is 6. The number of amides is 2. The zero-order valence-electron chi connectivity index (χ0n) is 18.1. The minimum absolute atomic E-state index is 0.139. The molecule has 0 saturated carbocycles. The zero-order chi connectivity index (χ0) is 24.6. The number of carbonyl (C=O) groups is 2. The van der Waals surface area contributed by atoms with E-state index in [0.29, 0.717) is 44.0 Å². The third-order valence-corrected chi connectivity index (χ3v) is 5.34. The average molecular weight is 458 g/mol. The van der Waals surface area contributed by atoms with Gasteiger partial charge in [0.15, 0.2) is 0 Å². The number of non-ortho nitro benzene ring substituents is 2. The van der Waals surface area contributed by atoms with Crippen molar-refractivity contribution in [1.29, 1.82) is 0 Å². The van der Waals surface area contributed by atoms with Gasteiger partial charge in [0.1, 0.15) is 0 Å². The molecule has 0 spiro atoms. The molecule has 2 amide bonds. The maximum Gasteiger partial charge on any atom is 0.277 e. The smallest absolute Gasteiger partial charge is 0.277 e. The second kappa shape index (κ2) is 8.58. The number of rotatable bonds is 5. The number of nitrogens with zero attached hydrogens (tertiary/aromatic N) is 2. The highest BCUT2D eigenvalue weighted by atomic mass is 16.6. The van der Waals surface area contributed by atoms with E-state index in [1.807, 2.05) is 0 Å². The molecule has 0 aromatic heterocycles. The van der Waals surface area contributed by atoms with Crippen molar-refractivity contribution >= 4 is 56.1 Å². The van der Waals surface area contributed by atoms with Crippen molar-refractivity contribution in [1.82, 2.24) is 0 Å². The number of hydrogen-bond donors (Lipinski definition) is 2. The third-order valence-electron chi connectivity index (χ3n) is 5.34. The number of nitrogens with one attached hydrogen (secondary N) is 2. The molecule has 0 aliphatic heterocycles. The fourth-order valence-electron chi connectivity index (χ4n) is 4.13. The van der Waals surface area contributed by atoms with Gasteiger partial charge in [-0.15, -0.1) is 0 Å². The Balaban J connectivity index is 2.24. The SMILES string of the molecule is CC(=O)Nc1ccc2c([N+](=O)[O-])cccc2c1-c1c(NC(C)=O)ccc2c([N+](=O)[O-])cccc12. The lowest BCUT2D eigenvalue weighted by Gasteiger charge is -2.19. The van der Waals surface area contributed by atoms with Gasteiger partial charge in [-0.1, -0.05) is 24.3 Å². The van der Waals surface area contributed by atoms with Crippen LogP contribution in [0.4, 0.5) is 22.7 Å². The van der Waals surface area contributed by atoms with Crippen LogP contribution in [0.15, 0.2) is 60.7 Å². The summed E-state index contributed by atoms with van der Waals surface area (Å²) in [6.07, 6.45) is 0. The fourth-order valence-corrected chi connectivity index (χ4v) is 4.13. The van der Waals surface area contributed by atoms with Crippen LogP contribution in [0.2, 0.25) is 0 Å². The Morgan fingerprint density at radius 2 is 1.00 bits per heavy atom. The maximum atomic E-state index is 12.0. The quantitative estimate of drug-likeness (QED) is 0.303. The Hall–Kier alpha value is -4.86. The molecule has 0 unspecified atom stereocenters. The molecule has 10 nitrogen and oxygen atoms in total. The minimum atomic E-state index is -0.507. The molecule has 0 heterocycles. The van der Waals surface area contributed by atoms with Gasteiger partial charge in [0.25, 0.3) is 11.4 Å². The molecule has 34 heavy (non-hydrogen) atoms. The number of benzene rings is 4. The predicted octanol–water partition coefficient (Wildman–Crippen LogP) is 5.39. The van der Waals surface area contributed by atoms with E-state index >= 15 is 0 Å². The summed E-state index contributed by atoms with van der Waals surface area (Å²) in [5.41, 5.74) is 1.19. The first-order chi connectivity index (χ1) is 16.2. The van der Waals surface area contributed by atoms with Crippen LogP contribution < -0.4 is 10.6 Å². The second-order valence-electron chi connectivity index (χ2n) is 7.60. The van der Waals surface area contributed by atoms with Gasteiger partial charge in [-0.3, -0.25) is 29.8 Å². The van der Waals surface area contributed by atoms with Crippen LogP contribution in [0.25, 0.3) is 32.7 Å². The maximum absolute atomic E-state index is 12.0. The van der Waals surface area contributed by atoms with Gasteiger partial charge in [-0.25, -0.2) is 0 Å². The van der Waals surface area contributed by atoms with Crippen molar-refractivity contribution in [2.45, 2.75) is 13.8 Å². The Bertz CT molecular complexity index is 1410. The van der Waals surface area contributed by atoms with Crippen molar-refractivity contribution in [2.24, 2.45) is 0 Å². The van der Waals surface area contributed by atoms with E-state index in [1.54, 1.807) is 24.3 Å². The van der Waals surface area contributed by atoms with Crippen LogP contribution in [0.5, 0.6) is 0 Å². The summed E-state index contributed by atoms with van der Waals surface area (Å²) < 4.78 is 0. The van der Waals surface area contributed by atoms with Crippen molar-refractivity contribution in [2.75, 3.05) is 10.6 Å². The lowest BCUT2D eigenvalue weighted by atomic mass is 9.90. The van der Waals surface area contributed by atoms with E-state index < -0.39 is 9.85 Å². The zero-order valence-corrected chi connectivity index (χ0v) is 18.1. The molecule has 0 saturated heterocycles. The normalized spacial score (nSPS) is 10.8. The molecule has 0 bridgehead atoms. The van der Waals surface area contributed by atoms with Crippen LogP contribution in [0.1, 0.15) is 13.8 Å². The molecule has 170 valence electrons. The largest absolute Gasteiger partial charge is 0.326 e.